The van der Waals surface area contributed by atoms with Crippen molar-refractivity contribution < 1.29 is 25.8 Å². The van der Waals surface area contributed by atoms with Crippen molar-refractivity contribution in [2.45, 2.75) is 64.7 Å². The van der Waals surface area contributed by atoms with E-state index >= 15 is 0 Å². The molecule has 0 saturated carbocycles. The summed E-state index contributed by atoms with van der Waals surface area (Å²) in [6, 6.07) is 64.2. The fraction of sp³-hybridized carbons (Fsp3) is 0.208. The number of rotatable bonds is 16. The summed E-state index contributed by atoms with van der Waals surface area (Å²) < 4.78 is 0. The van der Waals surface area contributed by atoms with Crippen LogP contribution in [0.25, 0.3) is 21.3 Å². The summed E-state index contributed by atoms with van der Waals surface area (Å²) in [6.07, 6.45) is 0. The molecule has 0 saturated heterocycles. The summed E-state index contributed by atoms with van der Waals surface area (Å²) in [5, 5.41) is 25.4. The largest absolute Gasteiger partial charge is 0.671 e. The Kier molecular flexibility index (Phi) is 23.3. The Morgan fingerprint density at radius 1 is 0.364 bits per heavy atom. The summed E-state index contributed by atoms with van der Waals surface area (Å²) >= 11 is 0. The molecule has 0 bridgehead atoms. The zero-order valence-electron chi connectivity index (χ0n) is 33.2. The van der Waals surface area contributed by atoms with Gasteiger partial charge in [-0.05, 0) is 21.2 Å². The van der Waals surface area contributed by atoms with E-state index in [0.717, 1.165) is 0 Å². The Labute approximate surface area is 354 Å². The van der Waals surface area contributed by atoms with Gasteiger partial charge in [0.15, 0.2) is 0 Å². The topological polar surface area (TPSA) is 56.4 Å². The van der Waals surface area contributed by atoms with Gasteiger partial charge in [-0.3, -0.25) is 0 Å². The van der Waals surface area contributed by atoms with Crippen LogP contribution in [0.1, 0.15) is 38.8 Å². The maximum absolute atomic E-state index is 5.05. The molecule has 0 N–H and O–H groups in total. The molecular formula is C48H56HfN4P2-6. The van der Waals surface area contributed by atoms with Gasteiger partial charge in [0.05, 0.1) is 0 Å². The molecule has 6 rings (SSSR count). The zero-order valence-corrected chi connectivity index (χ0v) is 38.6. The molecule has 0 amide bonds. The van der Waals surface area contributed by atoms with E-state index in [0.29, 0.717) is 13.1 Å². The third-order valence-corrected chi connectivity index (χ3v) is 13.0. The van der Waals surface area contributed by atoms with Crippen LogP contribution in [-0.2, 0) is 38.9 Å². The van der Waals surface area contributed by atoms with Crippen LogP contribution in [0.5, 0.6) is 0 Å². The van der Waals surface area contributed by atoms with Crippen LogP contribution in [-0.4, -0.2) is 23.9 Å². The van der Waals surface area contributed by atoms with Crippen LogP contribution < -0.4 is 21.2 Å². The summed E-state index contributed by atoms with van der Waals surface area (Å²) in [5.41, 5.74) is 2.46. The van der Waals surface area contributed by atoms with E-state index in [2.05, 4.69) is 198 Å². The Balaban J connectivity index is 0.000000360. The van der Waals surface area contributed by atoms with Gasteiger partial charge in [-0.15, -0.1) is 25.2 Å². The summed E-state index contributed by atoms with van der Waals surface area (Å²) in [7, 11) is -1.35. The van der Waals surface area contributed by atoms with E-state index in [1.165, 1.54) is 32.3 Å². The number of nitrogens with zero attached hydrogens (tertiary/aromatic N) is 4. The second kappa shape index (κ2) is 26.7. The van der Waals surface area contributed by atoms with Crippen LogP contribution in [0, 0.1) is 14.9 Å². The smallest absolute Gasteiger partial charge is 0 e. The third-order valence-electron chi connectivity index (χ3n) is 8.02. The minimum Gasteiger partial charge on any atom is -0.671 e. The second-order valence-corrected chi connectivity index (χ2v) is 17.4. The summed E-state index contributed by atoms with van der Waals surface area (Å²) in [5.74, 6) is -0.0926. The molecule has 2 unspecified atom stereocenters. The Morgan fingerprint density at radius 3 is 0.800 bits per heavy atom. The van der Waals surface area contributed by atoms with Gasteiger partial charge in [0.1, 0.15) is 0 Å². The Hall–Kier alpha value is -3.11. The van der Waals surface area contributed by atoms with Crippen molar-refractivity contribution in [1.29, 1.82) is 0 Å². The van der Waals surface area contributed by atoms with Gasteiger partial charge < -0.3 is 36.1 Å². The number of hydrogen-bond acceptors (Lipinski definition) is 0. The van der Waals surface area contributed by atoms with E-state index in [-0.39, 0.29) is 64.6 Å². The molecule has 0 radical (unpaired) electrons. The van der Waals surface area contributed by atoms with E-state index < -0.39 is 15.8 Å². The van der Waals surface area contributed by atoms with E-state index in [4.69, 9.17) is 21.3 Å². The third kappa shape index (κ3) is 16.1. The van der Waals surface area contributed by atoms with Crippen LogP contribution >= 0.6 is 15.8 Å². The second-order valence-electron chi connectivity index (χ2n) is 12.9. The Bertz CT molecular complexity index is 1590. The molecule has 2 atom stereocenters. The fourth-order valence-electron chi connectivity index (χ4n) is 5.65. The molecule has 0 spiro atoms. The first kappa shape index (κ1) is 48.0. The van der Waals surface area contributed by atoms with Crippen molar-refractivity contribution in [3.8, 4) is 0 Å². The van der Waals surface area contributed by atoms with Crippen molar-refractivity contribution in [1.82, 2.24) is 0 Å². The van der Waals surface area contributed by atoms with Gasteiger partial charge in [-0.25, -0.2) is 11.8 Å². The van der Waals surface area contributed by atoms with Crippen molar-refractivity contribution in [2.75, 3.05) is 0 Å². The molecule has 0 fully saturated rings. The molecule has 0 aromatic heterocycles. The molecule has 55 heavy (non-hydrogen) atoms. The maximum atomic E-state index is 5.05. The first-order valence-corrected chi connectivity index (χ1v) is 20.9. The van der Waals surface area contributed by atoms with Crippen LogP contribution in [0.2, 0.25) is 0 Å². The van der Waals surface area contributed by atoms with E-state index in [1.807, 2.05) is 12.1 Å². The van der Waals surface area contributed by atoms with Gasteiger partial charge in [-0.2, -0.15) is 0 Å². The SMILES string of the molecule is CC(C)[N-]C([N-]Cc1ccccc1)P(c1ccccc1)c1ccccc1.CC(C)[N-]C([N-]Cc1ccccc1)P(c1ccccc1)c1ccccc1.[CH3-].[CH3-].[Hf]. The molecule has 0 heterocycles. The van der Waals surface area contributed by atoms with Gasteiger partial charge in [0.25, 0.3) is 0 Å². The Morgan fingerprint density at radius 2 is 0.582 bits per heavy atom. The average Bonchev–Trinajstić information content (AvgIpc) is 3.18. The van der Waals surface area contributed by atoms with E-state index in [1.54, 1.807) is 0 Å². The van der Waals surface area contributed by atoms with Crippen molar-refractivity contribution in [3.05, 3.63) is 229 Å². The molecule has 6 aromatic rings. The van der Waals surface area contributed by atoms with Gasteiger partial charge in [-0.1, -0.05) is 237 Å². The van der Waals surface area contributed by atoms with Crippen LogP contribution in [0.15, 0.2) is 182 Å². The summed E-state index contributed by atoms with van der Waals surface area (Å²) in [6.45, 7) is 9.92. The molecule has 6 aromatic carbocycles. The summed E-state index contributed by atoms with van der Waals surface area (Å²) in [4.78, 5) is 0. The standard InChI is InChI=1S/2C23H25N2P.2CH3.Hf/c2*1-19(2)25-23(24-18-20-12-6-3-7-13-20)26(21-14-8-4-9-15-21)22-16-10-5-11-17-22;;;/h2*3-17,19,23H,18H2,1-2H3;2*1H3;/q2*-2;2*-1;. The molecular weight excluding hydrogens is 873 g/mol. The van der Waals surface area contributed by atoms with Crippen LogP contribution in [0.3, 0.4) is 0 Å². The molecule has 0 aliphatic heterocycles. The van der Waals surface area contributed by atoms with Crippen LogP contribution in [0.4, 0.5) is 0 Å². The van der Waals surface area contributed by atoms with Gasteiger partial charge in [0, 0.05) is 25.8 Å². The van der Waals surface area contributed by atoms with Gasteiger partial charge in [0.2, 0.25) is 0 Å². The predicted octanol–water partition coefficient (Wildman–Crippen LogP) is 12.4. The first-order chi connectivity index (χ1) is 25.5. The van der Waals surface area contributed by atoms with E-state index in [9.17, 15) is 0 Å². The quantitative estimate of drug-likeness (QED) is 0.0528. The maximum Gasteiger partial charge on any atom is 0 e. The van der Waals surface area contributed by atoms with Crippen molar-refractivity contribution in [3.63, 3.8) is 0 Å². The number of hydrogen-bond donors (Lipinski definition) is 0. The monoisotopic (exact) mass is 930 g/mol. The minimum absolute atomic E-state index is 0. The average molecular weight is 929 g/mol. The van der Waals surface area contributed by atoms with Gasteiger partial charge >= 0.3 is 0 Å². The van der Waals surface area contributed by atoms with Crippen molar-refractivity contribution in [2.24, 2.45) is 0 Å². The zero-order chi connectivity index (χ0) is 36.4. The predicted molar refractivity (Wildman–Crippen MR) is 243 cm³/mol. The first-order valence-electron chi connectivity index (χ1n) is 18.1. The normalized spacial score (nSPS) is 11.8. The molecule has 0 aliphatic rings. The van der Waals surface area contributed by atoms with Crippen molar-refractivity contribution >= 4 is 37.1 Å². The fourth-order valence-corrected chi connectivity index (χ4v) is 10.6. The molecule has 7 heteroatoms. The number of benzene rings is 6. The minimum atomic E-state index is -0.676. The molecule has 288 valence electrons. The molecule has 4 nitrogen and oxygen atoms in total. The molecule has 0 aliphatic carbocycles.